The summed E-state index contributed by atoms with van der Waals surface area (Å²) in [5, 5.41) is 0.745. The maximum atomic E-state index is 14.8. The quantitative estimate of drug-likeness (QED) is 0.312. The van der Waals surface area contributed by atoms with Gasteiger partial charge in [-0.25, -0.2) is 13.2 Å². The first-order chi connectivity index (χ1) is 14.0. The van der Waals surface area contributed by atoms with Crippen molar-refractivity contribution in [3.63, 3.8) is 0 Å². The summed E-state index contributed by atoms with van der Waals surface area (Å²) in [7, 11) is 0. The van der Waals surface area contributed by atoms with Crippen LogP contribution in [0, 0.1) is 5.82 Å². The highest BCUT2D eigenvalue weighted by molar-refractivity contribution is 5.91. The summed E-state index contributed by atoms with van der Waals surface area (Å²) in [5.74, 6) is -2.08. The van der Waals surface area contributed by atoms with E-state index in [9.17, 15) is 13.2 Å². The van der Waals surface area contributed by atoms with Gasteiger partial charge in [0.2, 0.25) is 0 Å². The van der Waals surface area contributed by atoms with E-state index in [2.05, 4.69) is 0 Å². The summed E-state index contributed by atoms with van der Waals surface area (Å²) in [5.41, 5.74) is -0.417. The summed E-state index contributed by atoms with van der Waals surface area (Å²) < 4.78 is 55.1. The zero-order valence-corrected chi connectivity index (χ0v) is 16.2. The molecule has 0 unspecified atom stereocenters. The molecule has 0 radical (unpaired) electrons. The fourth-order valence-corrected chi connectivity index (χ4v) is 2.88. The van der Waals surface area contributed by atoms with E-state index in [4.69, 9.17) is 9.47 Å². The highest BCUT2D eigenvalue weighted by Crippen LogP contribution is 2.34. The summed E-state index contributed by atoms with van der Waals surface area (Å²) >= 11 is 0. The van der Waals surface area contributed by atoms with Crippen molar-refractivity contribution in [2.24, 2.45) is 0 Å². The van der Waals surface area contributed by atoms with Gasteiger partial charge in [0.15, 0.2) is 11.7 Å². The van der Waals surface area contributed by atoms with E-state index in [1.54, 1.807) is 18.2 Å². The highest BCUT2D eigenvalue weighted by Gasteiger charge is 2.17. The number of hydrogen-bond donors (Lipinski definition) is 0. The van der Waals surface area contributed by atoms with Crippen LogP contribution < -0.4 is 9.47 Å². The van der Waals surface area contributed by atoms with Crippen molar-refractivity contribution in [2.75, 3.05) is 13.2 Å². The summed E-state index contributed by atoms with van der Waals surface area (Å²) in [4.78, 5) is 0. The van der Waals surface area contributed by atoms with Gasteiger partial charge >= 0.3 is 0 Å². The van der Waals surface area contributed by atoms with E-state index in [0.717, 1.165) is 0 Å². The molecule has 0 saturated carbocycles. The van der Waals surface area contributed by atoms with Gasteiger partial charge in [-0.1, -0.05) is 18.2 Å². The fraction of sp³-hybridized carbons (Fsp3) is 0.167. The molecule has 0 atom stereocenters. The molecule has 150 valence electrons. The molecule has 3 aromatic rings. The van der Waals surface area contributed by atoms with E-state index >= 15 is 0 Å². The number of fused-ring (bicyclic) bond motifs is 1. The largest absolute Gasteiger partial charge is 0.494 e. The first kappa shape index (κ1) is 20.5. The third-order valence-corrected chi connectivity index (χ3v) is 4.36. The van der Waals surface area contributed by atoms with Crippen LogP contribution in [0.2, 0.25) is 0 Å². The van der Waals surface area contributed by atoms with Gasteiger partial charge in [0.1, 0.15) is 23.9 Å². The summed E-state index contributed by atoms with van der Waals surface area (Å²) in [6, 6.07) is 13.4. The molecule has 0 N–H and O–H groups in total. The maximum absolute atomic E-state index is 14.8. The minimum absolute atomic E-state index is 0.00655. The lowest BCUT2D eigenvalue weighted by Gasteiger charge is -2.09. The Morgan fingerprint density at radius 2 is 1.62 bits per heavy atom. The predicted octanol–water partition coefficient (Wildman–Crippen LogP) is 7.10. The van der Waals surface area contributed by atoms with Gasteiger partial charge in [0.05, 0.1) is 6.61 Å². The number of rotatable bonds is 7. The molecule has 0 aliphatic heterocycles. The zero-order valence-electron chi connectivity index (χ0n) is 16.2. The molecule has 0 fully saturated rings. The number of halogens is 3. The lowest BCUT2D eigenvalue weighted by Crippen LogP contribution is -1.94. The molecular formula is C24H21F3O2. The zero-order chi connectivity index (χ0) is 20.8. The Kier molecular flexibility index (Phi) is 6.60. The van der Waals surface area contributed by atoms with Gasteiger partial charge in [-0.2, -0.15) is 0 Å². The standard InChI is InChI=1S/C24H21F3O2/c1-3-5-14-29-18-9-6-16(7-10-18)22(25)24(27)21-12-8-17-15-19(28-4-2)11-13-20(17)23(21)26/h3,5-13,15H,4,14H2,1-2H3. The Bertz CT molecular complexity index is 1050. The van der Waals surface area contributed by atoms with Gasteiger partial charge in [0, 0.05) is 16.5 Å². The Morgan fingerprint density at radius 1 is 0.897 bits per heavy atom. The van der Waals surface area contributed by atoms with E-state index in [0.29, 0.717) is 30.1 Å². The van der Waals surface area contributed by atoms with Gasteiger partial charge < -0.3 is 9.47 Å². The Hall–Kier alpha value is -3.21. The van der Waals surface area contributed by atoms with Crippen molar-refractivity contribution in [2.45, 2.75) is 13.8 Å². The minimum atomic E-state index is -1.25. The lowest BCUT2D eigenvalue weighted by molar-refractivity contribution is 0.340. The number of hydrogen-bond acceptors (Lipinski definition) is 2. The lowest BCUT2D eigenvalue weighted by atomic mass is 10.0. The monoisotopic (exact) mass is 398 g/mol. The second-order valence-electron chi connectivity index (χ2n) is 6.28. The van der Waals surface area contributed by atoms with Crippen molar-refractivity contribution in [3.05, 3.63) is 83.7 Å². The molecule has 0 heterocycles. The third-order valence-electron chi connectivity index (χ3n) is 4.36. The second-order valence-corrected chi connectivity index (χ2v) is 6.28. The van der Waals surface area contributed by atoms with Crippen LogP contribution in [-0.4, -0.2) is 13.2 Å². The van der Waals surface area contributed by atoms with Crippen molar-refractivity contribution >= 4 is 22.4 Å². The SMILES string of the molecule is CC=CCOc1ccc(C(F)=C(F)c2ccc3cc(OCC)ccc3c2F)cc1. The molecular weight excluding hydrogens is 377 g/mol. The van der Waals surface area contributed by atoms with Crippen molar-refractivity contribution < 1.29 is 22.6 Å². The molecule has 0 aliphatic carbocycles. The molecule has 3 aromatic carbocycles. The van der Waals surface area contributed by atoms with Crippen LogP contribution in [0.4, 0.5) is 13.2 Å². The van der Waals surface area contributed by atoms with E-state index in [-0.39, 0.29) is 10.9 Å². The summed E-state index contributed by atoms with van der Waals surface area (Å²) in [6.07, 6.45) is 3.68. The highest BCUT2D eigenvalue weighted by atomic mass is 19.2. The van der Waals surface area contributed by atoms with Crippen LogP contribution in [0.15, 0.2) is 66.7 Å². The average Bonchev–Trinajstić information content (AvgIpc) is 2.74. The van der Waals surface area contributed by atoms with Crippen LogP contribution in [0.5, 0.6) is 11.5 Å². The molecule has 0 aromatic heterocycles. The van der Waals surface area contributed by atoms with Gasteiger partial charge in [0.25, 0.3) is 0 Å². The van der Waals surface area contributed by atoms with E-state index in [1.165, 1.54) is 36.4 Å². The molecule has 2 nitrogen and oxygen atoms in total. The van der Waals surface area contributed by atoms with E-state index in [1.807, 2.05) is 26.0 Å². The topological polar surface area (TPSA) is 18.5 Å². The normalized spacial score (nSPS) is 12.3. The smallest absolute Gasteiger partial charge is 0.169 e. The van der Waals surface area contributed by atoms with Crippen LogP contribution in [0.1, 0.15) is 25.0 Å². The molecule has 3 rings (SSSR count). The third kappa shape index (κ3) is 4.62. The Balaban J connectivity index is 1.92. The van der Waals surface area contributed by atoms with Crippen LogP contribution in [-0.2, 0) is 0 Å². The molecule has 0 aliphatic rings. The van der Waals surface area contributed by atoms with E-state index < -0.39 is 23.0 Å². The Labute approximate surface area is 167 Å². The number of allylic oxidation sites excluding steroid dienone is 1. The van der Waals surface area contributed by atoms with Crippen LogP contribution in [0.25, 0.3) is 22.4 Å². The molecule has 29 heavy (non-hydrogen) atoms. The first-order valence-corrected chi connectivity index (χ1v) is 9.30. The molecule has 0 saturated heterocycles. The molecule has 0 bridgehead atoms. The van der Waals surface area contributed by atoms with Gasteiger partial charge in [-0.3, -0.25) is 0 Å². The van der Waals surface area contributed by atoms with Gasteiger partial charge in [-0.05, 0) is 67.8 Å². The Morgan fingerprint density at radius 3 is 2.31 bits per heavy atom. The average molecular weight is 398 g/mol. The van der Waals surface area contributed by atoms with Crippen LogP contribution in [0.3, 0.4) is 0 Å². The van der Waals surface area contributed by atoms with Crippen molar-refractivity contribution in [3.8, 4) is 11.5 Å². The van der Waals surface area contributed by atoms with Crippen molar-refractivity contribution in [1.82, 2.24) is 0 Å². The summed E-state index contributed by atoms with van der Waals surface area (Å²) in [6.45, 7) is 4.58. The predicted molar refractivity (Wildman–Crippen MR) is 111 cm³/mol. The maximum Gasteiger partial charge on any atom is 0.169 e. The minimum Gasteiger partial charge on any atom is -0.494 e. The first-order valence-electron chi connectivity index (χ1n) is 9.30. The number of benzene rings is 3. The molecule has 0 spiro atoms. The van der Waals surface area contributed by atoms with Crippen molar-refractivity contribution in [1.29, 1.82) is 0 Å². The molecule has 0 amide bonds. The van der Waals surface area contributed by atoms with Crippen LogP contribution >= 0.6 is 0 Å². The second kappa shape index (κ2) is 9.32. The number of ether oxygens (including phenoxy) is 2. The van der Waals surface area contributed by atoms with Gasteiger partial charge in [-0.15, -0.1) is 0 Å². The fourth-order valence-electron chi connectivity index (χ4n) is 2.88. The molecule has 5 heteroatoms.